The Balaban J connectivity index is 1.81. The number of carbonyl (C=O) groups excluding carboxylic acids is 1. The quantitative estimate of drug-likeness (QED) is 0.873. The molecule has 1 aromatic heterocycles. The normalized spacial score (nSPS) is 19.9. The zero-order valence-corrected chi connectivity index (χ0v) is 15.1. The molecule has 2 unspecified atom stereocenters. The fourth-order valence-electron chi connectivity index (χ4n) is 3.42. The average molecular weight is 320 g/mol. The third kappa shape index (κ3) is 5.26. The van der Waals surface area contributed by atoms with Gasteiger partial charge in [-0.05, 0) is 44.4 Å². The first-order valence-corrected chi connectivity index (χ1v) is 8.99. The molecule has 0 aromatic carbocycles. The second-order valence-electron chi connectivity index (χ2n) is 7.39. The van der Waals surface area contributed by atoms with Gasteiger partial charge in [0.15, 0.2) is 0 Å². The van der Waals surface area contributed by atoms with E-state index >= 15 is 0 Å². The molecule has 1 saturated heterocycles. The van der Waals surface area contributed by atoms with Crippen LogP contribution in [0.15, 0.2) is 12.4 Å². The number of carbonyl (C=O) groups is 1. The lowest BCUT2D eigenvalue weighted by molar-refractivity contribution is 0.138. The number of rotatable bonds is 6. The van der Waals surface area contributed by atoms with Crippen LogP contribution in [0.3, 0.4) is 0 Å². The number of imidazole rings is 1. The molecule has 23 heavy (non-hydrogen) atoms. The van der Waals surface area contributed by atoms with E-state index < -0.39 is 0 Å². The van der Waals surface area contributed by atoms with Gasteiger partial charge in [-0.25, -0.2) is 9.78 Å². The van der Waals surface area contributed by atoms with Gasteiger partial charge in [-0.1, -0.05) is 20.8 Å². The first kappa shape index (κ1) is 17.8. The number of likely N-dealkylation sites (tertiary alicyclic amines) is 1. The van der Waals surface area contributed by atoms with E-state index in [4.69, 9.17) is 0 Å². The number of aromatic nitrogens is 2. The maximum atomic E-state index is 12.6. The number of amides is 2. The van der Waals surface area contributed by atoms with Crippen LogP contribution in [0.1, 0.15) is 52.3 Å². The van der Waals surface area contributed by atoms with Crippen LogP contribution in [-0.4, -0.2) is 39.6 Å². The lowest BCUT2D eigenvalue weighted by Crippen LogP contribution is -2.50. The minimum Gasteiger partial charge on any atom is -0.338 e. The predicted molar refractivity (Wildman–Crippen MR) is 93.3 cm³/mol. The Kier molecular flexibility index (Phi) is 6.48. The fourth-order valence-corrected chi connectivity index (χ4v) is 3.42. The van der Waals surface area contributed by atoms with Crippen LogP contribution in [-0.2, 0) is 6.54 Å². The molecule has 0 radical (unpaired) electrons. The predicted octanol–water partition coefficient (Wildman–Crippen LogP) is 3.44. The fraction of sp³-hybridized carbons (Fsp3) is 0.778. The van der Waals surface area contributed by atoms with Gasteiger partial charge in [-0.3, -0.25) is 0 Å². The van der Waals surface area contributed by atoms with Crippen molar-refractivity contribution in [2.45, 2.75) is 66.0 Å². The molecule has 1 N–H and O–H groups in total. The van der Waals surface area contributed by atoms with Crippen molar-refractivity contribution in [2.75, 3.05) is 13.1 Å². The summed E-state index contributed by atoms with van der Waals surface area (Å²) in [5.74, 6) is 2.05. The van der Waals surface area contributed by atoms with Crippen LogP contribution in [0.4, 0.5) is 4.79 Å². The number of aryl methyl sites for hydroxylation is 1. The van der Waals surface area contributed by atoms with E-state index in [-0.39, 0.29) is 6.03 Å². The standard InChI is InChI=1S/C18H32N4O/c1-14(2)11-17-7-5-6-9-22(17)18(23)20-12-15(3)13-21-10-8-19-16(21)4/h8,10,14-15,17H,5-7,9,11-13H2,1-4H3,(H,20,23). The van der Waals surface area contributed by atoms with E-state index in [2.05, 4.69) is 40.5 Å². The maximum absolute atomic E-state index is 12.6. The summed E-state index contributed by atoms with van der Waals surface area (Å²) in [6.45, 7) is 11.2. The number of hydrogen-bond donors (Lipinski definition) is 1. The molecule has 5 heteroatoms. The average Bonchev–Trinajstić information content (AvgIpc) is 2.90. The summed E-state index contributed by atoms with van der Waals surface area (Å²) in [5, 5.41) is 3.14. The molecule has 130 valence electrons. The molecule has 1 aliphatic rings. The number of urea groups is 1. The van der Waals surface area contributed by atoms with Gasteiger partial charge in [0.1, 0.15) is 5.82 Å². The number of nitrogens with zero attached hydrogens (tertiary/aromatic N) is 3. The first-order valence-electron chi connectivity index (χ1n) is 8.99. The summed E-state index contributed by atoms with van der Waals surface area (Å²) in [5.41, 5.74) is 0. The SMILES string of the molecule is Cc1nccn1CC(C)CNC(=O)N1CCCCC1CC(C)C. The lowest BCUT2D eigenvalue weighted by atomic mass is 9.94. The van der Waals surface area contributed by atoms with Crippen molar-refractivity contribution in [1.29, 1.82) is 0 Å². The minimum absolute atomic E-state index is 0.115. The molecule has 5 nitrogen and oxygen atoms in total. The lowest BCUT2D eigenvalue weighted by Gasteiger charge is -2.37. The number of piperidine rings is 1. The summed E-state index contributed by atoms with van der Waals surface area (Å²) < 4.78 is 2.14. The Labute approximate surface area is 140 Å². The van der Waals surface area contributed by atoms with E-state index in [9.17, 15) is 4.79 Å². The van der Waals surface area contributed by atoms with Gasteiger partial charge in [-0.2, -0.15) is 0 Å². The molecule has 0 saturated carbocycles. The molecule has 0 spiro atoms. The molecule has 1 fully saturated rings. The molecule has 0 bridgehead atoms. The molecule has 1 aliphatic heterocycles. The Morgan fingerprint density at radius 2 is 2.17 bits per heavy atom. The topological polar surface area (TPSA) is 50.2 Å². The van der Waals surface area contributed by atoms with Crippen molar-refractivity contribution in [1.82, 2.24) is 19.8 Å². The highest BCUT2D eigenvalue weighted by molar-refractivity contribution is 5.74. The van der Waals surface area contributed by atoms with Gasteiger partial charge < -0.3 is 14.8 Å². The summed E-state index contributed by atoms with van der Waals surface area (Å²) in [4.78, 5) is 18.9. The van der Waals surface area contributed by atoms with Crippen molar-refractivity contribution in [3.05, 3.63) is 18.2 Å². The molecule has 0 aliphatic carbocycles. The molecule has 2 atom stereocenters. The smallest absolute Gasteiger partial charge is 0.317 e. The number of hydrogen-bond acceptors (Lipinski definition) is 2. The zero-order chi connectivity index (χ0) is 16.8. The Morgan fingerprint density at radius 1 is 1.39 bits per heavy atom. The van der Waals surface area contributed by atoms with Crippen molar-refractivity contribution in [3.8, 4) is 0 Å². The Morgan fingerprint density at radius 3 is 2.83 bits per heavy atom. The van der Waals surface area contributed by atoms with E-state index in [0.29, 0.717) is 24.4 Å². The zero-order valence-electron chi connectivity index (χ0n) is 15.1. The van der Waals surface area contributed by atoms with Crippen molar-refractivity contribution >= 4 is 6.03 Å². The molecule has 2 rings (SSSR count). The van der Waals surface area contributed by atoms with Gasteiger partial charge in [0, 0.05) is 38.1 Å². The van der Waals surface area contributed by atoms with Crippen LogP contribution >= 0.6 is 0 Å². The summed E-state index contributed by atoms with van der Waals surface area (Å²) in [7, 11) is 0. The van der Waals surface area contributed by atoms with E-state index in [1.54, 1.807) is 0 Å². The molecule has 2 heterocycles. The monoisotopic (exact) mass is 320 g/mol. The van der Waals surface area contributed by atoms with Crippen molar-refractivity contribution in [3.63, 3.8) is 0 Å². The second kappa shape index (κ2) is 8.37. The molecule has 2 amide bonds. The van der Waals surface area contributed by atoms with Gasteiger partial charge >= 0.3 is 6.03 Å². The third-order valence-electron chi connectivity index (χ3n) is 4.67. The summed E-state index contributed by atoms with van der Waals surface area (Å²) in [6.07, 6.45) is 8.46. The van der Waals surface area contributed by atoms with Crippen molar-refractivity contribution < 1.29 is 4.79 Å². The molecular formula is C18H32N4O. The number of nitrogens with one attached hydrogen (secondary N) is 1. The summed E-state index contributed by atoms with van der Waals surface area (Å²) >= 11 is 0. The molecular weight excluding hydrogens is 288 g/mol. The Bertz CT molecular complexity index is 497. The van der Waals surface area contributed by atoms with Gasteiger partial charge in [-0.15, -0.1) is 0 Å². The van der Waals surface area contributed by atoms with Crippen molar-refractivity contribution in [2.24, 2.45) is 11.8 Å². The first-order chi connectivity index (χ1) is 11.0. The minimum atomic E-state index is 0.115. The highest BCUT2D eigenvalue weighted by Crippen LogP contribution is 2.22. The second-order valence-corrected chi connectivity index (χ2v) is 7.39. The van der Waals surface area contributed by atoms with Gasteiger partial charge in [0.2, 0.25) is 0 Å². The van der Waals surface area contributed by atoms with Crippen LogP contribution < -0.4 is 5.32 Å². The van der Waals surface area contributed by atoms with Crippen LogP contribution in [0.2, 0.25) is 0 Å². The highest BCUT2D eigenvalue weighted by Gasteiger charge is 2.27. The van der Waals surface area contributed by atoms with E-state index in [1.807, 2.05) is 19.3 Å². The van der Waals surface area contributed by atoms with Gasteiger partial charge in [0.05, 0.1) is 0 Å². The van der Waals surface area contributed by atoms with E-state index in [0.717, 1.165) is 38.2 Å². The van der Waals surface area contributed by atoms with E-state index in [1.165, 1.54) is 6.42 Å². The van der Waals surface area contributed by atoms with Crippen LogP contribution in [0, 0.1) is 18.8 Å². The van der Waals surface area contributed by atoms with Gasteiger partial charge in [0.25, 0.3) is 0 Å². The third-order valence-corrected chi connectivity index (χ3v) is 4.67. The van der Waals surface area contributed by atoms with Crippen LogP contribution in [0.5, 0.6) is 0 Å². The largest absolute Gasteiger partial charge is 0.338 e. The maximum Gasteiger partial charge on any atom is 0.317 e. The molecule has 1 aromatic rings. The van der Waals surface area contributed by atoms with Crippen LogP contribution in [0.25, 0.3) is 0 Å². The summed E-state index contributed by atoms with van der Waals surface area (Å²) in [6, 6.07) is 0.527. The Hall–Kier alpha value is -1.52. The highest BCUT2D eigenvalue weighted by atomic mass is 16.2.